The average molecular weight is 454 g/mol. The molecular formula is C23H17F3N4O3. The van der Waals surface area contributed by atoms with Crippen molar-refractivity contribution in [2.75, 3.05) is 10.6 Å². The summed E-state index contributed by atoms with van der Waals surface area (Å²) in [4.78, 5) is 24.3. The van der Waals surface area contributed by atoms with Gasteiger partial charge in [0.2, 0.25) is 0 Å². The van der Waals surface area contributed by atoms with Crippen molar-refractivity contribution in [3.05, 3.63) is 94.4 Å². The number of aromatic amines is 1. The zero-order chi connectivity index (χ0) is 23.4. The van der Waals surface area contributed by atoms with Crippen molar-refractivity contribution in [2.45, 2.75) is 12.8 Å². The van der Waals surface area contributed by atoms with Gasteiger partial charge in [0.25, 0.3) is 5.56 Å². The lowest BCUT2D eigenvalue weighted by atomic mass is 10.0. The van der Waals surface area contributed by atoms with Crippen LogP contribution in [0.25, 0.3) is 10.8 Å². The highest BCUT2D eigenvalue weighted by atomic mass is 19.4. The summed E-state index contributed by atoms with van der Waals surface area (Å²) in [5.41, 5.74) is 1.47. The Morgan fingerprint density at radius 3 is 2.45 bits per heavy atom. The molecule has 0 aliphatic carbocycles. The number of ether oxygens (including phenoxy) is 1. The Morgan fingerprint density at radius 2 is 1.67 bits per heavy atom. The van der Waals surface area contributed by atoms with Crippen molar-refractivity contribution in [1.29, 1.82) is 0 Å². The SMILES string of the molecule is O=C(Nc1cccc(Cc2n[nH]c(=O)c3ccccc23)c1)Nc1ccccc1OC(F)(F)F. The van der Waals surface area contributed by atoms with Gasteiger partial charge in [0.1, 0.15) is 0 Å². The van der Waals surface area contributed by atoms with E-state index >= 15 is 0 Å². The van der Waals surface area contributed by atoms with Gasteiger partial charge in [-0.2, -0.15) is 5.10 Å². The summed E-state index contributed by atoms with van der Waals surface area (Å²) in [5, 5.41) is 12.8. The molecule has 1 heterocycles. The van der Waals surface area contributed by atoms with Crippen LogP contribution in [0.5, 0.6) is 5.75 Å². The Bertz CT molecular complexity index is 1370. The Kier molecular flexibility index (Phi) is 5.99. The fraction of sp³-hybridized carbons (Fsp3) is 0.0870. The van der Waals surface area contributed by atoms with Gasteiger partial charge in [0, 0.05) is 17.5 Å². The van der Waals surface area contributed by atoms with Gasteiger partial charge in [-0.25, -0.2) is 9.89 Å². The number of para-hydroxylation sites is 2. The smallest absolute Gasteiger partial charge is 0.404 e. The minimum atomic E-state index is -4.89. The third-order valence-electron chi connectivity index (χ3n) is 4.69. The van der Waals surface area contributed by atoms with Crippen molar-refractivity contribution in [1.82, 2.24) is 10.2 Å². The molecule has 4 rings (SSSR count). The van der Waals surface area contributed by atoms with Gasteiger partial charge in [0.05, 0.1) is 16.8 Å². The quantitative estimate of drug-likeness (QED) is 0.393. The predicted molar refractivity (Wildman–Crippen MR) is 117 cm³/mol. The molecule has 0 radical (unpaired) electrons. The molecule has 7 nitrogen and oxygen atoms in total. The molecule has 3 aromatic carbocycles. The summed E-state index contributed by atoms with van der Waals surface area (Å²) in [6.45, 7) is 0. The van der Waals surface area contributed by atoms with E-state index in [1.165, 1.54) is 18.2 Å². The number of halogens is 3. The number of amides is 2. The zero-order valence-corrected chi connectivity index (χ0v) is 16.9. The van der Waals surface area contributed by atoms with Crippen LogP contribution in [0.4, 0.5) is 29.3 Å². The number of nitrogens with one attached hydrogen (secondary N) is 3. The zero-order valence-electron chi connectivity index (χ0n) is 16.9. The lowest BCUT2D eigenvalue weighted by Gasteiger charge is -2.14. The summed E-state index contributed by atoms with van der Waals surface area (Å²) >= 11 is 0. The molecule has 0 atom stereocenters. The van der Waals surface area contributed by atoms with E-state index in [-0.39, 0.29) is 11.2 Å². The van der Waals surface area contributed by atoms with Gasteiger partial charge in [-0.15, -0.1) is 13.2 Å². The Balaban J connectivity index is 1.49. The fourth-order valence-electron chi connectivity index (χ4n) is 3.33. The van der Waals surface area contributed by atoms with E-state index < -0.39 is 18.1 Å². The topological polar surface area (TPSA) is 96.1 Å². The number of anilines is 2. The van der Waals surface area contributed by atoms with Crippen molar-refractivity contribution in [3.8, 4) is 5.75 Å². The van der Waals surface area contributed by atoms with Gasteiger partial charge in [-0.3, -0.25) is 4.79 Å². The number of benzene rings is 3. The number of fused-ring (bicyclic) bond motifs is 1. The summed E-state index contributed by atoms with van der Waals surface area (Å²) in [5.74, 6) is -0.523. The highest BCUT2D eigenvalue weighted by Crippen LogP contribution is 2.30. The molecular weight excluding hydrogens is 437 g/mol. The third-order valence-corrected chi connectivity index (χ3v) is 4.69. The van der Waals surface area contributed by atoms with Crippen LogP contribution in [0.1, 0.15) is 11.3 Å². The van der Waals surface area contributed by atoms with Crippen LogP contribution in [0.3, 0.4) is 0 Å². The molecule has 3 N–H and O–H groups in total. The number of aromatic nitrogens is 2. The number of alkyl halides is 3. The van der Waals surface area contributed by atoms with E-state index in [9.17, 15) is 22.8 Å². The molecule has 0 fully saturated rings. The maximum absolute atomic E-state index is 12.6. The molecule has 2 amide bonds. The third kappa shape index (κ3) is 5.48. The van der Waals surface area contributed by atoms with Crippen molar-refractivity contribution >= 4 is 28.2 Å². The molecule has 1 aromatic heterocycles. The number of H-pyrrole nitrogens is 1. The number of hydrogen-bond donors (Lipinski definition) is 3. The van der Waals surface area contributed by atoms with Crippen LogP contribution in [-0.4, -0.2) is 22.6 Å². The second-order valence-electron chi connectivity index (χ2n) is 7.05. The van der Waals surface area contributed by atoms with E-state index in [1.54, 1.807) is 30.3 Å². The normalized spacial score (nSPS) is 11.2. The first-order valence-electron chi connectivity index (χ1n) is 9.76. The lowest BCUT2D eigenvalue weighted by molar-refractivity contribution is -0.274. The molecule has 0 aliphatic heterocycles. The molecule has 0 unspecified atom stereocenters. The van der Waals surface area contributed by atoms with Crippen molar-refractivity contribution in [3.63, 3.8) is 0 Å². The number of rotatable bonds is 5. The summed E-state index contributed by atoms with van der Waals surface area (Å²) in [6, 6.07) is 18.5. The molecule has 0 spiro atoms. The molecule has 0 bridgehead atoms. The number of carbonyl (C=O) groups is 1. The van der Waals surface area contributed by atoms with Gasteiger partial charge in [0.15, 0.2) is 5.75 Å². The standard InChI is InChI=1S/C23H17F3N4O3/c24-23(25,26)33-20-11-4-3-10-18(20)28-22(32)27-15-7-5-6-14(12-15)13-19-16-8-1-2-9-17(16)21(31)30-29-19/h1-12H,13H2,(H,30,31)(H2,27,28,32). The molecule has 0 saturated heterocycles. The monoisotopic (exact) mass is 454 g/mol. The lowest BCUT2D eigenvalue weighted by Crippen LogP contribution is -2.22. The van der Waals surface area contributed by atoms with E-state index in [1.807, 2.05) is 18.2 Å². The molecule has 0 saturated carbocycles. The molecule has 33 heavy (non-hydrogen) atoms. The van der Waals surface area contributed by atoms with E-state index in [2.05, 4.69) is 25.6 Å². The fourth-order valence-corrected chi connectivity index (χ4v) is 3.33. The minimum Gasteiger partial charge on any atom is -0.404 e. The first-order valence-corrected chi connectivity index (χ1v) is 9.76. The summed E-state index contributed by atoms with van der Waals surface area (Å²) < 4.78 is 41.7. The van der Waals surface area contributed by atoms with Crippen LogP contribution in [0.15, 0.2) is 77.6 Å². The molecule has 0 aliphatic rings. The maximum Gasteiger partial charge on any atom is 0.573 e. The van der Waals surface area contributed by atoms with Crippen LogP contribution >= 0.6 is 0 Å². The van der Waals surface area contributed by atoms with Crippen LogP contribution in [0.2, 0.25) is 0 Å². The van der Waals surface area contributed by atoms with Gasteiger partial charge in [-0.1, -0.05) is 42.5 Å². The highest BCUT2D eigenvalue weighted by molar-refractivity contribution is 6.00. The van der Waals surface area contributed by atoms with Crippen molar-refractivity contribution in [2.24, 2.45) is 0 Å². The largest absolute Gasteiger partial charge is 0.573 e. The van der Waals surface area contributed by atoms with Crippen LogP contribution in [-0.2, 0) is 6.42 Å². The molecule has 168 valence electrons. The van der Waals surface area contributed by atoms with E-state index in [0.717, 1.165) is 17.0 Å². The summed E-state index contributed by atoms with van der Waals surface area (Å²) in [7, 11) is 0. The van der Waals surface area contributed by atoms with Gasteiger partial charge in [-0.05, 0) is 35.9 Å². The molecule has 4 aromatic rings. The van der Waals surface area contributed by atoms with Gasteiger partial charge < -0.3 is 15.4 Å². The van der Waals surface area contributed by atoms with Crippen LogP contribution in [0, 0.1) is 0 Å². The number of urea groups is 1. The van der Waals surface area contributed by atoms with Crippen molar-refractivity contribution < 1.29 is 22.7 Å². The number of hydrogen-bond acceptors (Lipinski definition) is 4. The predicted octanol–water partition coefficient (Wildman–Crippen LogP) is 5.06. The first-order chi connectivity index (χ1) is 15.8. The average Bonchev–Trinajstić information content (AvgIpc) is 2.76. The number of carbonyl (C=O) groups excluding carboxylic acids is 1. The van der Waals surface area contributed by atoms with E-state index in [0.29, 0.717) is 23.2 Å². The van der Waals surface area contributed by atoms with Crippen LogP contribution < -0.4 is 20.9 Å². The van der Waals surface area contributed by atoms with Gasteiger partial charge >= 0.3 is 12.4 Å². The Morgan fingerprint density at radius 1 is 0.939 bits per heavy atom. The second kappa shape index (κ2) is 9.03. The maximum atomic E-state index is 12.6. The van der Waals surface area contributed by atoms with E-state index in [4.69, 9.17) is 0 Å². The highest BCUT2D eigenvalue weighted by Gasteiger charge is 2.32. The minimum absolute atomic E-state index is 0.132. The summed E-state index contributed by atoms with van der Waals surface area (Å²) in [6.07, 6.45) is -4.50. The second-order valence-corrected chi connectivity index (χ2v) is 7.05. The number of nitrogens with zero attached hydrogens (tertiary/aromatic N) is 1. The Hall–Kier alpha value is -4.34. The molecule has 10 heteroatoms. The Labute approximate surface area is 185 Å². The first kappa shape index (κ1) is 21.9.